The van der Waals surface area contributed by atoms with Crippen LogP contribution in [0.3, 0.4) is 0 Å². The maximum Gasteiger partial charge on any atom is 0.129 e. The Labute approximate surface area is 96.8 Å². The number of rotatable bonds is 5. The number of hydrogen-bond acceptors (Lipinski definition) is 2. The Kier molecular flexibility index (Phi) is 4.74. The molecular formula is C13H20FNO. The van der Waals surface area contributed by atoms with Gasteiger partial charge in [-0.1, -0.05) is 13.0 Å². The van der Waals surface area contributed by atoms with Gasteiger partial charge in [-0.25, -0.2) is 4.39 Å². The van der Waals surface area contributed by atoms with E-state index in [1.54, 1.807) is 19.1 Å². The summed E-state index contributed by atoms with van der Waals surface area (Å²) in [6.07, 6.45) is 1.00. The molecule has 0 saturated heterocycles. The van der Waals surface area contributed by atoms with Crippen LogP contribution in [-0.4, -0.2) is 19.2 Å². The van der Waals surface area contributed by atoms with Gasteiger partial charge in [-0.15, -0.1) is 0 Å². The number of halogens is 1. The lowest BCUT2D eigenvalue weighted by atomic mass is 10.1. The molecule has 16 heavy (non-hydrogen) atoms. The summed E-state index contributed by atoms with van der Waals surface area (Å²) in [6.45, 7) is 5.82. The van der Waals surface area contributed by atoms with Crippen LogP contribution in [0.15, 0.2) is 18.2 Å². The van der Waals surface area contributed by atoms with Crippen molar-refractivity contribution in [1.29, 1.82) is 0 Å². The Hall–Kier alpha value is -1.09. The van der Waals surface area contributed by atoms with E-state index < -0.39 is 0 Å². The fourth-order valence-corrected chi connectivity index (χ4v) is 1.71. The van der Waals surface area contributed by atoms with E-state index in [2.05, 4.69) is 12.2 Å². The van der Waals surface area contributed by atoms with Gasteiger partial charge >= 0.3 is 0 Å². The van der Waals surface area contributed by atoms with Crippen molar-refractivity contribution in [3.8, 4) is 5.75 Å². The zero-order chi connectivity index (χ0) is 12.1. The van der Waals surface area contributed by atoms with Crippen LogP contribution < -0.4 is 10.1 Å². The first-order chi connectivity index (χ1) is 7.58. The van der Waals surface area contributed by atoms with E-state index in [-0.39, 0.29) is 18.0 Å². The van der Waals surface area contributed by atoms with E-state index in [0.717, 1.165) is 6.42 Å². The summed E-state index contributed by atoms with van der Waals surface area (Å²) in [6, 6.07) is 5.26. The molecule has 1 N–H and O–H groups in total. The van der Waals surface area contributed by atoms with Gasteiger partial charge in [-0.05, 0) is 38.9 Å². The third kappa shape index (κ3) is 3.20. The minimum absolute atomic E-state index is 0.0251. The van der Waals surface area contributed by atoms with Crippen molar-refractivity contribution < 1.29 is 9.13 Å². The molecule has 3 heteroatoms. The predicted octanol–water partition coefficient (Wildman–Crippen LogP) is 2.90. The van der Waals surface area contributed by atoms with Crippen LogP contribution >= 0.6 is 0 Å². The number of aryl methyl sites for hydroxylation is 1. The maximum absolute atomic E-state index is 13.3. The standard InChI is InChI=1S/C13H20FNO/c1-5-13(15-4)10(3)16-11-7-6-9(2)12(14)8-11/h6-8,10,13,15H,5H2,1-4H3. The number of ether oxygens (including phenoxy) is 1. The molecule has 90 valence electrons. The SMILES string of the molecule is CCC(NC)C(C)Oc1ccc(C)c(F)c1. The fraction of sp³-hybridized carbons (Fsp3) is 0.538. The lowest BCUT2D eigenvalue weighted by Gasteiger charge is -2.23. The molecule has 1 rings (SSSR count). The molecule has 1 aromatic rings. The second-order valence-corrected chi connectivity index (χ2v) is 4.04. The largest absolute Gasteiger partial charge is 0.489 e. The van der Waals surface area contributed by atoms with E-state index in [1.807, 2.05) is 14.0 Å². The van der Waals surface area contributed by atoms with Crippen LogP contribution in [0.25, 0.3) is 0 Å². The monoisotopic (exact) mass is 225 g/mol. The highest BCUT2D eigenvalue weighted by molar-refractivity contribution is 5.28. The van der Waals surface area contributed by atoms with Crippen molar-refractivity contribution in [2.45, 2.75) is 39.3 Å². The summed E-state index contributed by atoms with van der Waals surface area (Å²) < 4.78 is 19.0. The molecule has 2 atom stereocenters. The first-order valence-corrected chi connectivity index (χ1v) is 5.68. The average molecular weight is 225 g/mol. The van der Waals surface area contributed by atoms with Crippen LogP contribution in [0.1, 0.15) is 25.8 Å². The van der Waals surface area contributed by atoms with E-state index in [9.17, 15) is 4.39 Å². The summed E-state index contributed by atoms with van der Waals surface area (Å²) in [5.41, 5.74) is 0.640. The molecule has 2 nitrogen and oxygen atoms in total. The summed E-state index contributed by atoms with van der Waals surface area (Å²) in [5, 5.41) is 3.18. The molecular weight excluding hydrogens is 205 g/mol. The molecule has 0 aliphatic heterocycles. The zero-order valence-electron chi connectivity index (χ0n) is 10.4. The van der Waals surface area contributed by atoms with Crippen LogP contribution in [0.5, 0.6) is 5.75 Å². The fourth-order valence-electron chi connectivity index (χ4n) is 1.71. The second kappa shape index (κ2) is 5.85. The summed E-state index contributed by atoms with van der Waals surface area (Å²) >= 11 is 0. The van der Waals surface area contributed by atoms with Gasteiger partial charge in [0.05, 0.1) is 0 Å². The molecule has 0 aromatic heterocycles. The Morgan fingerprint density at radius 1 is 1.44 bits per heavy atom. The van der Waals surface area contributed by atoms with Crippen molar-refractivity contribution in [2.24, 2.45) is 0 Å². The van der Waals surface area contributed by atoms with Gasteiger partial charge in [-0.2, -0.15) is 0 Å². The number of benzene rings is 1. The van der Waals surface area contributed by atoms with E-state index in [1.165, 1.54) is 6.07 Å². The van der Waals surface area contributed by atoms with E-state index in [4.69, 9.17) is 4.74 Å². The third-order valence-corrected chi connectivity index (χ3v) is 2.84. The van der Waals surface area contributed by atoms with Gasteiger partial charge in [0.15, 0.2) is 0 Å². The second-order valence-electron chi connectivity index (χ2n) is 4.04. The molecule has 0 heterocycles. The molecule has 0 saturated carbocycles. The maximum atomic E-state index is 13.3. The molecule has 0 spiro atoms. The van der Waals surface area contributed by atoms with Gasteiger partial charge in [0, 0.05) is 12.1 Å². The topological polar surface area (TPSA) is 21.3 Å². The zero-order valence-corrected chi connectivity index (χ0v) is 10.4. The van der Waals surface area contributed by atoms with Crippen LogP contribution in [0, 0.1) is 12.7 Å². The van der Waals surface area contributed by atoms with Crippen molar-refractivity contribution in [2.75, 3.05) is 7.05 Å². The predicted molar refractivity (Wildman–Crippen MR) is 64.4 cm³/mol. The van der Waals surface area contributed by atoms with Gasteiger partial charge in [0.1, 0.15) is 17.7 Å². The molecule has 0 amide bonds. The molecule has 0 fully saturated rings. The smallest absolute Gasteiger partial charge is 0.129 e. The molecule has 0 bridgehead atoms. The van der Waals surface area contributed by atoms with E-state index in [0.29, 0.717) is 11.3 Å². The summed E-state index contributed by atoms with van der Waals surface area (Å²) in [4.78, 5) is 0. The van der Waals surface area contributed by atoms with Crippen molar-refractivity contribution in [1.82, 2.24) is 5.32 Å². The minimum Gasteiger partial charge on any atom is -0.489 e. The van der Waals surface area contributed by atoms with Gasteiger partial charge in [-0.3, -0.25) is 0 Å². The number of nitrogens with one attached hydrogen (secondary N) is 1. The molecule has 1 aromatic carbocycles. The van der Waals surface area contributed by atoms with Gasteiger partial charge < -0.3 is 10.1 Å². The normalized spacial score (nSPS) is 14.6. The highest BCUT2D eigenvalue weighted by Gasteiger charge is 2.15. The van der Waals surface area contributed by atoms with Crippen molar-refractivity contribution in [3.63, 3.8) is 0 Å². The Bertz CT molecular complexity index is 337. The summed E-state index contributed by atoms with van der Waals surface area (Å²) in [7, 11) is 1.91. The number of likely N-dealkylation sites (N-methyl/N-ethyl adjacent to an activating group) is 1. The van der Waals surface area contributed by atoms with Crippen molar-refractivity contribution >= 4 is 0 Å². The van der Waals surface area contributed by atoms with Gasteiger partial charge in [0.2, 0.25) is 0 Å². The molecule has 0 aliphatic carbocycles. The first-order valence-electron chi connectivity index (χ1n) is 5.68. The highest BCUT2D eigenvalue weighted by Crippen LogP contribution is 2.18. The third-order valence-electron chi connectivity index (χ3n) is 2.84. The van der Waals surface area contributed by atoms with Crippen LogP contribution in [-0.2, 0) is 0 Å². The minimum atomic E-state index is -0.220. The lowest BCUT2D eigenvalue weighted by molar-refractivity contribution is 0.171. The van der Waals surface area contributed by atoms with Gasteiger partial charge in [0.25, 0.3) is 0 Å². The quantitative estimate of drug-likeness (QED) is 0.832. The Morgan fingerprint density at radius 2 is 2.12 bits per heavy atom. The van der Waals surface area contributed by atoms with E-state index >= 15 is 0 Å². The van der Waals surface area contributed by atoms with Crippen LogP contribution in [0.2, 0.25) is 0 Å². The van der Waals surface area contributed by atoms with Crippen molar-refractivity contribution in [3.05, 3.63) is 29.6 Å². The van der Waals surface area contributed by atoms with Crippen LogP contribution in [0.4, 0.5) is 4.39 Å². The highest BCUT2D eigenvalue weighted by atomic mass is 19.1. The molecule has 0 radical (unpaired) electrons. The average Bonchev–Trinajstić information content (AvgIpc) is 2.25. The Morgan fingerprint density at radius 3 is 2.62 bits per heavy atom. The Balaban J connectivity index is 2.69. The lowest BCUT2D eigenvalue weighted by Crippen LogP contribution is -2.38. The molecule has 2 unspecified atom stereocenters. The number of hydrogen-bond donors (Lipinski definition) is 1. The summed E-state index contributed by atoms with van der Waals surface area (Å²) in [5.74, 6) is 0.367. The molecule has 0 aliphatic rings. The first kappa shape index (κ1) is 13.0.